The summed E-state index contributed by atoms with van der Waals surface area (Å²) in [6.45, 7) is 4.89. The average molecular weight is 466 g/mol. The quantitative estimate of drug-likeness (QED) is 0.471. The highest BCUT2D eigenvalue weighted by Crippen LogP contribution is 2.14. The van der Waals surface area contributed by atoms with Gasteiger partial charge in [0, 0.05) is 51.0 Å². The zero-order valence-corrected chi connectivity index (χ0v) is 19.0. The first-order valence-corrected chi connectivity index (χ1v) is 12.3. The molecular formula is C24H27N5O3S. The van der Waals surface area contributed by atoms with E-state index in [1.807, 2.05) is 12.1 Å². The molecule has 2 heterocycles. The lowest BCUT2D eigenvalue weighted by molar-refractivity contribution is 0.102. The molecule has 33 heavy (non-hydrogen) atoms. The molecule has 172 valence electrons. The molecule has 1 fully saturated rings. The summed E-state index contributed by atoms with van der Waals surface area (Å²) < 4.78 is 28.0. The highest BCUT2D eigenvalue weighted by atomic mass is 32.2. The van der Waals surface area contributed by atoms with Crippen molar-refractivity contribution in [3.05, 3.63) is 89.7 Å². The number of nitrogens with zero attached hydrogens (tertiary/aromatic N) is 2. The fourth-order valence-corrected chi connectivity index (χ4v) is 4.59. The van der Waals surface area contributed by atoms with Gasteiger partial charge in [0.1, 0.15) is 0 Å². The smallest absolute Gasteiger partial charge is 0.255 e. The van der Waals surface area contributed by atoms with Crippen LogP contribution in [0.4, 0.5) is 5.69 Å². The van der Waals surface area contributed by atoms with Gasteiger partial charge in [-0.25, -0.2) is 13.1 Å². The minimum Gasteiger partial charge on any atom is -0.321 e. The second-order valence-corrected chi connectivity index (χ2v) is 9.65. The van der Waals surface area contributed by atoms with E-state index in [2.05, 4.69) is 25.2 Å². The van der Waals surface area contributed by atoms with Crippen molar-refractivity contribution in [2.24, 2.45) is 0 Å². The maximum absolute atomic E-state index is 12.7. The monoisotopic (exact) mass is 465 g/mol. The summed E-state index contributed by atoms with van der Waals surface area (Å²) in [5, 5.41) is 6.09. The molecule has 1 amide bonds. The van der Waals surface area contributed by atoms with Gasteiger partial charge < -0.3 is 10.6 Å². The van der Waals surface area contributed by atoms with E-state index in [4.69, 9.17) is 0 Å². The third-order valence-corrected chi connectivity index (χ3v) is 6.87. The molecule has 0 spiro atoms. The van der Waals surface area contributed by atoms with E-state index < -0.39 is 10.0 Å². The molecule has 0 atom stereocenters. The van der Waals surface area contributed by atoms with Crippen LogP contribution in [0.5, 0.6) is 0 Å². The van der Waals surface area contributed by atoms with E-state index >= 15 is 0 Å². The van der Waals surface area contributed by atoms with Crippen LogP contribution in [0.3, 0.4) is 0 Å². The lowest BCUT2D eigenvalue weighted by Gasteiger charge is -2.27. The van der Waals surface area contributed by atoms with E-state index in [0.717, 1.165) is 43.9 Å². The Kier molecular flexibility index (Phi) is 7.46. The minimum atomic E-state index is -3.64. The first kappa shape index (κ1) is 23.1. The van der Waals surface area contributed by atoms with Crippen LogP contribution in [0.2, 0.25) is 0 Å². The van der Waals surface area contributed by atoms with Crippen molar-refractivity contribution in [3.63, 3.8) is 0 Å². The van der Waals surface area contributed by atoms with Crippen molar-refractivity contribution in [2.45, 2.75) is 18.0 Å². The summed E-state index contributed by atoms with van der Waals surface area (Å²) in [5.74, 6) is -0.254. The molecule has 1 aliphatic heterocycles. The first-order chi connectivity index (χ1) is 16.0. The number of carbonyl (C=O) groups is 1. The second kappa shape index (κ2) is 10.7. The number of nitrogens with one attached hydrogen (secondary N) is 3. The van der Waals surface area contributed by atoms with E-state index in [1.165, 1.54) is 0 Å². The molecule has 0 saturated carbocycles. The Bertz CT molecular complexity index is 1160. The van der Waals surface area contributed by atoms with Crippen LogP contribution in [0.15, 0.2) is 78.0 Å². The first-order valence-electron chi connectivity index (χ1n) is 10.8. The Balaban J connectivity index is 1.31. The molecule has 1 aliphatic rings. The summed E-state index contributed by atoms with van der Waals surface area (Å²) in [6, 6.07) is 17.3. The molecular weight excluding hydrogens is 438 g/mol. The molecule has 0 bridgehead atoms. The van der Waals surface area contributed by atoms with Crippen LogP contribution < -0.4 is 15.4 Å². The molecule has 8 nitrogen and oxygen atoms in total. The van der Waals surface area contributed by atoms with E-state index in [9.17, 15) is 13.2 Å². The highest BCUT2D eigenvalue weighted by molar-refractivity contribution is 7.89. The number of anilines is 1. The standard InChI is InChI=1S/C24H27N5O3S/c30-24(28-22-2-1-11-26-17-22)21-7-3-19(4-8-21)16-27-33(31,32)23-9-5-20(6-10-23)18-29-14-12-25-13-15-29/h1-11,17,25,27H,12-16,18H2,(H,28,30). The van der Waals surface area contributed by atoms with Crippen LogP contribution in [0, 0.1) is 0 Å². The zero-order chi connectivity index (χ0) is 23.1. The number of rotatable bonds is 8. The molecule has 1 saturated heterocycles. The number of hydrogen-bond donors (Lipinski definition) is 3. The topological polar surface area (TPSA) is 103 Å². The molecule has 9 heteroatoms. The van der Waals surface area contributed by atoms with Crippen molar-refractivity contribution in [1.82, 2.24) is 19.9 Å². The largest absolute Gasteiger partial charge is 0.321 e. The molecule has 0 radical (unpaired) electrons. The minimum absolute atomic E-state index is 0.134. The molecule has 0 aliphatic carbocycles. The van der Waals surface area contributed by atoms with Gasteiger partial charge in [0.2, 0.25) is 10.0 Å². The number of aromatic nitrogens is 1. The number of amides is 1. The fourth-order valence-electron chi connectivity index (χ4n) is 3.58. The number of pyridine rings is 1. The van der Waals surface area contributed by atoms with Crippen molar-refractivity contribution in [2.75, 3.05) is 31.5 Å². The zero-order valence-electron chi connectivity index (χ0n) is 18.2. The molecule has 3 aromatic rings. The number of sulfonamides is 1. The van der Waals surface area contributed by atoms with Crippen LogP contribution in [-0.2, 0) is 23.1 Å². The molecule has 3 N–H and O–H groups in total. The van der Waals surface area contributed by atoms with E-state index in [0.29, 0.717) is 11.3 Å². The third kappa shape index (κ3) is 6.45. The Morgan fingerprint density at radius 2 is 1.67 bits per heavy atom. The molecule has 4 rings (SSSR count). The Hall–Kier alpha value is -3.11. The normalized spacial score (nSPS) is 14.7. The van der Waals surface area contributed by atoms with Crippen molar-refractivity contribution in [3.8, 4) is 0 Å². The predicted molar refractivity (Wildman–Crippen MR) is 127 cm³/mol. The maximum atomic E-state index is 12.7. The Morgan fingerprint density at radius 1 is 0.970 bits per heavy atom. The van der Waals surface area contributed by atoms with Gasteiger partial charge in [-0.1, -0.05) is 24.3 Å². The van der Waals surface area contributed by atoms with Gasteiger partial charge in [-0.3, -0.25) is 14.7 Å². The Morgan fingerprint density at radius 3 is 2.33 bits per heavy atom. The number of hydrogen-bond acceptors (Lipinski definition) is 6. The SMILES string of the molecule is O=C(Nc1cccnc1)c1ccc(CNS(=O)(=O)c2ccc(CN3CCNCC3)cc2)cc1. The predicted octanol–water partition coefficient (Wildman–Crippen LogP) is 2.22. The number of piperazine rings is 1. The molecule has 0 unspecified atom stereocenters. The summed E-state index contributed by atoms with van der Waals surface area (Å²) in [5.41, 5.74) is 2.94. The van der Waals surface area contributed by atoms with Crippen LogP contribution in [0.25, 0.3) is 0 Å². The van der Waals surface area contributed by atoms with Gasteiger partial charge in [0.25, 0.3) is 5.91 Å². The number of benzene rings is 2. The summed E-state index contributed by atoms with van der Waals surface area (Å²) in [6.07, 6.45) is 3.20. The van der Waals surface area contributed by atoms with Crippen molar-refractivity contribution >= 4 is 21.6 Å². The highest BCUT2D eigenvalue weighted by Gasteiger charge is 2.15. The lowest BCUT2D eigenvalue weighted by Crippen LogP contribution is -2.42. The fraction of sp³-hybridized carbons (Fsp3) is 0.250. The van der Waals surface area contributed by atoms with Crippen molar-refractivity contribution in [1.29, 1.82) is 0 Å². The molecule has 2 aromatic carbocycles. The average Bonchev–Trinajstić information content (AvgIpc) is 2.85. The van der Waals surface area contributed by atoms with Crippen LogP contribution in [-0.4, -0.2) is 50.4 Å². The summed E-state index contributed by atoms with van der Waals surface area (Å²) in [4.78, 5) is 18.9. The Labute approximate surface area is 194 Å². The lowest BCUT2D eigenvalue weighted by atomic mass is 10.1. The summed E-state index contributed by atoms with van der Waals surface area (Å²) >= 11 is 0. The number of carbonyl (C=O) groups excluding carboxylic acids is 1. The van der Waals surface area contributed by atoms with Gasteiger partial charge in [-0.05, 0) is 47.5 Å². The molecule has 1 aromatic heterocycles. The van der Waals surface area contributed by atoms with Crippen molar-refractivity contribution < 1.29 is 13.2 Å². The van der Waals surface area contributed by atoms with Crippen LogP contribution in [0.1, 0.15) is 21.5 Å². The van der Waals surface area contributed by atoms with Crippen LogP contribution >= 0.6 is 0 Å². The van der Waals surface area contributed by atoms with Gasteiger partial charge in [0.15, 0.2) is 0 Å². The van der Waals surface area contributed by atoms with E-state index in [1.54, 1.807) is 60.9 Å². The van der Waals surface area contributed by atoms with E-state index in [-0.39, 0.29) is 17.3 Å². The maximum Gasteiger partial charge on any atom is 0.255 e. The third-order valence-electron chi connectivity index (χ3n) is 5.45. The van der Waals surface area contributed by atoms with Gasteiger partial charge >= 0.3 is 0 Å². The van der Waals surface area contributed by atoms with Gasteiger partial charge in [-0.2, -0.15) is 0 Å². The summed E-state index contributed by atoms with van der Waals surface area (Å²) in [7, 11) is -3.64. The van der Waals surface area contributed by atoms with Gasteiger partial charge in [-0.15, -0.1) is 0 Å². The second-order valence-electron chi connectivity index (χ2n) is 7.89. The van der Waals surface area contributed by atoms with Gasteiger partial charge in [0.05, 0.1) is 16.8 Å².